The maximum atomic E-state index is 12.7. The number of rotatable bonds is 4. The molecular weight excluding hydrogens is 312 g/mol. The molecule has 1 saturated carbocycles. The van der Waals surface area contributed by atoms with E-state index in [0.29, 0.717) is 6.04 Å². The van der Waals surface area contributed by atoms with Crippen LogP contribution in [0, 0.1) is 0 Å². The third kappa shape index (κ3) is 3.55. The Morgan fingerprint density at radius 3 is 2.56 bits per heavy atom. The first-order chi connectivity index (χ1) is 12.3. The number of hydrogen-bond acceptors (Lipinski definition) is 3. The van der Waals surface area contributed by atoms with E-state index in [-0.39, 0.29) is 5.91 Å². The van der Waals surface area contributed by atoms with Crippen LogP contribution >= 0.6 is 0 Å². The summed E-state index contributed by atoms with van der Waals surface area (Å²) in [6.07, 6.45) is 12.4. The van der Waals surface area contributed by atoms with Crippen molar-refractivity contribution in [2.45, 2.75) is 51.0 Å². The number of piperidine rings is 1. The standard InChI is InChI=1S/C20H26N4O/c25-20(18-9-6-14-24(18)17-7-2-3-8-17)22-16-10-11-19(21-15-16)23-12-4-1-5-13-23/h6,9-11,14-15,17H,1-5,7-8,12-13H2,(H,22,25). The average molecular weight is 338 g/mol. The summed E-state index contributed by atoms with van der Waals surface area (Å²) in [6.45, 7) is 2.15. The van der Waals surface area contributed by atoms with Crippen LogP contribution in [0.4, 0.5) is 11.5 Å². The van der Waals surface area contributed by atoms with Crippen molar-refractivity contribution in [3.05, 3.63) is 42.4 Å². The third-order valence-electron chi connectivity index (χ3n) is 5.42. The molecule has 1 aliphatic heterocycles. The Labute approximate surface area is 149 Å². The molecule has 0 aromatic carbocycles. The molecular formula is C20H26N4O. The molecule has 1 N–H and O–H groups in total. The lowest BCUT2D eigenvalue weighted by Crippen LogP contribution is -2.30. The highest BCUT2D eigenvalue weighted by molar-refractivity contribution is 6.03. The number of pyridine rings is 1. The van der Waals surface area contributed by atoms with Crippen molar-refractivity contribution < 1.29 is 4.79 Å². The summed E-state index contributed by atoms with van der Waals surface area (Å²) >= 11 is 0. The van der Waals surface area contributed by atoms with Gasteiger partial charge in [-0.3, -0.25) is 4.79 Å². The summed E-state index contributed by atoms with van der Waals surface area (Å²) in [4.78, 5) is 19.5. The molecule has 0 unspecified atom stereocenters. The van der Waals surface area contributed by atoms with Crippen LogP contribution in [0.1, 0.15) is 61.5 Å². The van der Waals surface area contributed by atoms with Crippen molar-refractivity contribution in [2.75, 3.05) is 23.3 Å². The van der Waals surface area contributed by atoms with E-state index in [4.69, 9.17) is 0 Å². The van der Waals surface area contributed by atoms with Gasteiger partial charge in [0.05, 0.1) is 11.9 Å². The SMILES string of the molecule is O=C(Nc1ccc(N2CCCCC2)nc1)c1cccn1C1CCCC1. The lowest BCUT2D eigenvalue weighted by molar-refractivity contribution is 0.101. The van der Waals surface area contributed by atoms with Crippen LogP contribution in [-0.2, 0) is 0 Å². The maximum absolute atomic E-state index is 12.7. The van der Waals surface area contributed by atoms with Gasteiger partial charge in [-0.2, -0.15) is 0 Å². The first-order valence-electron chi connectivity index (χ1n) is 9.50. The van der Waals surface area contributed by atoms with Crippen LogP contribution < -0.4 is 10.2 Å². The van der Waals surface area contributed by atoms with Crippen molar-refractivity contribution in [3.8, 4) is 0 Å². The number of aromatic nitrogens is 2. The van der Waals surface area contributed by atoms with E-state index in [2.05, 4.69) is 19.8 Å². The van der Waals surface area contributed by atoms with Crippen molar-refractivity contribution >= 4 is 17.4 Å². The van der Waals surface area contributed by atoms with Gasteiger partial charge in [0.15, 0.2) is 0 Å². The zero-order valence-electron chi connectivity index (χ0n) is 14.7. The minimum absolute atomic E-state index is 0.0515. The van der Waals surface area contributed by atoms with Crippen LogP contribution in [0.5, 0.6) is 0 Å². The van der Waals surface area contributed by atoms with Gasteiger partial charge in [-0.05, 0) is 56.4 Å². The molecule has 2 aromatic rings. The summed E-state index contributed by atoms with van der Waals surface area (Å²) in [7, 11) is 0. The van der Waals surface area contributed by atoms with E-state index in [9.17, 15) is 4.79 Å². The van der Waals surface area contributed by atoms with Gasteiger partial charge in [0, 0.05) is 25.3 Å². The summed E-state index contributed by atoms with van der Waals surface area (Å²) in [5.74, 6) is 0.955. The second-order valence-electron chi connectivity index (χ2n) is 7.15. The topological polar surface area (TPSA) is 50.2 Å². The summed E-state index contributed by atoms with van der Waals surface area (Å²) in [6, 6.07) is 8.30. The van der Waals surface area contributed by atoms with Gasteiger partial charge in [0.1, 0.15) is 11.5 Å². The summed E-state index contributed by atoms with van der Waals surface area (Å²) in [5.41, 5.74) is 1.50. The van der Waals surface area contributed by atoms with Crippen molar-refractivity contribution in [1.82, 2.24) is 9.55 Å². The molecule has 1 aliphatic carbocycles. The average Bonchev–Trinajstić information content (AvgIpc) is 3.34. The Bertz CT molecular complexity index is 710. The summed E-state index contributed by atoms with van der Waals surface area (Å²) < 4.78 is 2.14. The molecule has 2 aliphatic rings. The third-order valence-corrected chi connectivity index (χ3v) is 5.42. The Morgan fingerprint density at radius 2 is 1.84 bits per heavy atom. The highest BCUT2D eigenvalue weighted by atomic mass is 16.1. The number of nitrogens with zero attached hydrogens (tertiary/aromatic N) is 3. The first-order valence-corrected chi connectivity index (χ1v) is 9.50. The van der Waals surface area contributed by atoms with Crippen LogP contribution in [0.3, 0.4) is 0 Å². The Balaban J connectivity index is 1.43. The van der Waals surface area contributed by atoms with Gasteiger partial charge >= 0.3 is 0 Å². The van der Waals surface area contributed by atoms with E-state index in [1.807, 2.05) is 30.5 Å². The fourth-order valence-corrected chi connectivity index (χ4v) is 4.05. The molecule has 132 valence electrons. The molecule has 0 spiro atoms. The molecule has 1 saturated heterocycles. The van der Waals surface area contributed by atoms with Crippen LogP contribution in [0.15, 0.2) is 36.7 Å². The van der Waals surface area contributed by atoms with Crippen LogP contribution in [0.25, 0.3) is 0 Å². The monoisotopic (exact) mass is 338 g/mol. The van der Waals surface area contributed by atoms with Gasteiger partial charge in [0.25, 0.3) is 5.91 Å². The number of anilines is 2. The number of hydrogen-bond donors (Lipinski definition) is 1. The largest absolute Gasteiger partial charge is 0.357 e. The van der Waals surface area contributed by atoms with Gasteiger partial charge in [0.2, 0.25) is 0 Å². The summed E-state index contributed by atoms with van der Waals surface area (Å²) in [5, 5.41) is 3.00. The second kappa shape index (κ2) is 7.30. The van der Waals surface area contributed by atoms with E-state index < -0.39 is 0 Å². The highest BCUT2D eigenvalue weighted by Gasteiger charge is 2.21. The Morgan fingerprint density at radius 1 is 1.04 bits per heavy atom. The molecule has 4 rings (SSSR count). The van der Waals surface area contributed by atoms with Gasteiger partial charge in [-0.1, -0.05) is 12.8 Å². The van der Waals surface area contributed by atoms with Crippen molar-refractivity contribution in [2.24, 2.45) is 0 Å². The molecule has 0 radical (unpaired) electrons. The van der Waals surface area contributed by atoms with E-state index in [1.54, 1.807) is 6.20 Å². The molecule has 5 nitrogen and oxygen atoms in total. The molecule has 3 heterocycles. The van der Waals surface area contributed by atoms with Gasteiger partial charge in [-0.15, -0.1) is 0 Å². The predicted octanol–water partition coefficient (Wildman–Crippen LogP) is 4.24. The quantitative estimate of drug-likeness (QED) is 0.907. The van der Waals surface area contributed by atoms with Crippen LogP contribution in [-0.4, -0.2) is 28.5 Å². The zero-order chi connectivity index (χ0) is 17.1. The lowest BCUT2D eigenvalue weighted by atomic mass is 10.1. The highest BCUT2D eigenvalue weighted by Crippen LogP contribution is 2.31. The molecule has 25 heavy (non-hydrogen) atoms. The maximum Gasteiger partial charge on any atom is 0.272 e. The fourth-order valence-electron chi connectivity index (χ4n) is 4.05. The first kappa shape index (κ1) is 16.2. The molecule has 2 fully saturated rings. The van der Waals surface area contributed by atoms with Crippen molar-refractivity contribution in [1.29, 1.82) is 0 Å². The lowest BCUT2D eigenvalue weighted by Gasteiger charge is -2.27. The molecule has 2 aromatic heterocycles. The van der Waals surface area contributed by atoms with E-state index in [0.717, 1.165) is 30.3 Å². The number of carbonyl (C=O) groups is 1. The molecule has 1 amide bonds. The normalized spacial score (nSPS) is 18.5. The fraction of sp³-hybridized carbons (Fsp3) is 0.500. The number of nitrogens with one attached hydrogen (secondary N) is 1. The van der Waals surface area contributed by atoms with E-state index >= 15 is 0 Å². The van der Waals surface area contributed by atoms with Gasteiger partial charge in [-0.25, -0.2) is 4.98 Å². The molecule has 5 heteroatoms. The molecule has 0 bridgehead atoms. The van der Waals surface area contributed by atoms with Crippen LogP contribution in [0.2, 0.25) is 0 Å². The second-order valence-corrected chi connectivity index (χ2v) is 7.15. The minimum atomic E-state index is -0.0515. The smallest absolute Gasteiger partial charge is 0.272 e. The zero-order valence-corrected chi connectivity index (χ0v) is 14.7. The Kier molecular flexibility index (Phi) is 4.72. The predicted molar refractivity (Wildman–Crippen MR) is 100 cm³/mol. The minimum Gasteiger partial charge on any atom is -0.357 e. The van der Waals surface area contributed by atoms with E-state index in [1.165, 1.54) is 44.9 Å². The van der Waals surface area contributed by atoms with Crippen molar-refractivity contribution in [3.63, 3.8) is 0 Å². The molecule has 0 atom stereocenters. The van der Waals surface area contributed by atoms with Gasteiger partial charge < -0.3 is 14.8 Å². The number of amides is 1. The Hall–Kier alpha value is -2.30. The number of carbonyl (C=O) groups excluding carboxylic acids is 1.